The number of carboxylic acid groups (broad SMARTS) is 1. The molecule has 0 radical (unpaired) electrons. The van der Waals surface area contributed by atoms with Gasteiger partial charge in [0, 0.05) is 10.8 Å². The van der Waals surface area contributed by atoms with Crippen LogP contribution >= 0.6 is 22.9 Å². The number of alkyl carbamates (subject to hydrolysis) is 1. The van der Waals surface area contributed by atoms with Crippen LogP contribution in [0.1, 0.15) is 34.4 Å². The maximum Gasteiger partial charge on any atom is 0.407 e. The van der Waals surface area contributed by atoms with Crippen molar-refractivity contribution in [2.45, 2.75) is 18.4 Å². The summed E-state index contributed by atoms with van der Waals surface area (Å²) >= 11 is 7.18. The molecular formula is C22H18ClNO4S. The Morgan fingerprint density at radius 2 is 1.66 bits per heavy atom. The molecule has 1 amide bonds. The highest BCUT2D eigenvalue weighted by Crippen LogP contribution is 2.44. The second kappa shape index (κ2) is 8.27. The van der Waals surface area contributed by atoms with Crippen molar-refractivity contribution in [1.82, 2.24) is 5.32 Å². The number of carbonyl (C=O) groups is 2. The Morgan fingerprint density at radius 1 is 1.03 bits per heavy atom. The van der Waals surface area contributed by atoms with Crippen LogP contribution in [0.4, 0.5) is 4.79 Å². The highest BCUT2D eigenvalue weighted by atomic mass is 35.5. The minimum atomic E-state index is -1.02. The molecule has 0 spiro atoms. The Morgan fingerprint density at radius 3 is 2.21 bits per heavy atom. The first-order valence-corrected chi connectivity index (χ1v) is 10.3. The van der Waals surface area contributed by atoms with E-state index in [-0.39, 0.29) is 18.9 Å². The van der Waals surface area contributed by atoms with Crippen LogP contribution in [0, 0.1) is 0 Å². The molecule has 1 aliphatic carbocycles. The highest BCUT2D eigenvalue weighted by molar-refractivity contribution is 7.16. The van der Waals surface area contributed by atoms with Crippen molar-refractivity contribution >= 4 is 35.0 Å². The minimum absolute atomic E-state index is 0.0535. The Bertz CT molecular complexity index is 1020. The smallest absolute Gasteiger partial charge is 0.407 e. The van der Waals surface area contributed by atoms with Gasteiger partial charge in [-0.25, -0.2) is 4.79 Å². The Kier molecular flexibility index (Phi) is 5.56. The number of carbonyl (C=O) groups excluding carboxylic acids is 1. The van der Waals surface area contributed by atoms with E-state index in [0.717, 1.165) is 22.3 Å². The van der Waals surface area contributed by atoms with Crippen LogP contribution in [0.2, 0.25) is 4.34 Å². The standard InChI is InChI=1S/C22H18ClNO4S/c23-20-10-9-19(29-20)18(11-21(25)26)24-22(27)28-12-17-15-7-3-1-5-13(15)14-6-2-4-8-16(14)17/h1-10,17-18H,11-12H2,(H,24,27)(H,25,26)/t18-/m1/s1. The molecular weight excluding hydrogens is 410 g/mol. The molecule has 0 aliphatic heterocycles. The quantitative estimate of drug-likeness (QED) is 0.548. The van der Waals surface area contributed by atoms with Crippen LogP contribution in [0.3, 0.4) is 0 Å². The number of hydrogen-bond acceptors (Lipinski definition) is 4. The summed E-state index contributed by atoms with van der Waals surface area (Å²) in [6.45, 7) is 0.171. The molecule has 7 heteroatoms. The first-order chi connectivity index (χ1) is 14.0. The normalized spacial score (nSPS) is 13.4. The van der Waals surface area contributed by atoms with Crippen molar-refractivity contribution < 1.29 is 19.4 Å². The van der Waals surface area contributed by atoms with Crippen LogP contribution in [0.15, 0.2) is 60.7 Å². The number of halogens is 1. The van der Waals surface area contributed by atoms with Gasteiger partial charge in [0.05, 0.1) is 16.8 Å². The van der Waals surface area contributed by atoms with Crippen molar-refractivity contribution in [3.8, 4) is 11.1 Å². The summed E-state index contributed by atoms with van der Waals surface area (Å²) in [5.41, 5.74) is 4.53. The lowest BCUT2D eigenvalue weighted by Gasteiger charge is -2.18. The summed E-state index contributed by atoms with van der Waals surface area (Å²) in [6.07, 6.45) is -0.899. The topological polar surface area (TPSA) is 75.6 Å². The molecule has 1 aliphatic rings. The third kappa shape index (κ3) is 4.13. The van der Waals surface area contributed by atoms with Crippen LogP contribution in [-0.2, 0) is 9.53 Å². The summed E-state index contributed by atoms with van der Waals surface area (Å²) in [4.78, 5) is 24.3. The molecule has 5 nitrogen and oxygen atoms in total. The van der Waals surface area contributed by atoms with Gasteiger partial charge in [-0.1, -0.05) is 60.1 Å². The maximum atomic E-state index is 12.4. The number of thiophene rings is 1. The van der Waals surface area contributed by atoms with Gasteiger partial charge in [0.2, 0.25) is 0 Å². The minimum Gasteiger partial charge on any atom is -0.481 e. The Hall–Kier alpha value is -2.83. The van der Waals surface area contributed by atoms with E-state index in [1.54, 1.807) is 12.1 Å². The number of ether oxygens (including phenoxy) is 1. The average Bonchev–Trinajstić information content (AvgIpc) is 3.27. The molecule has 0 bridgehead atoms. The zero-order valence-corrected chi connectivity index (χ0v) is 16.9. The monoisotopic (exact) mass is 427 g/mol. The van der Waals surface area contributed by atoms with E-state index in [1.807, 2.05) is 36.4 Å². The van der Waals surface area contributed by atoms with Gasteiger partial charge in [0.1, 0.15) is 6.61 Å². The highest BCUT2D eigenvalue weighted by Gasteiger charge is 2.29. The average molecular weight is 428 g/mol. The first kappa shape index (κ1) is 19.5. The summed E-state index contributed by atoms with van der Waals surface area (Å²) in [5, 5.41) is 11.8. The summed E-state index contributed by atoms with van der Waals surface area (Å²) in [7, 11) is 0. The molecule has 3 aromatic rings. The van der Waals surface area contributed by atoms with Gasteiger partial charge in [-0.05, 0) is 34.4 Å². The number of rotatable bonds is 6. The Labute approximate surface area is 176 Å². The molecule has 148 valence electrons. The number of aliphatic carboxylic acids is 1. The van der Waals surface area contributed by atoms with E-state index in [2.05, 4.69) is 17.4 Å². The molecule has 1 heterocycles. The molecule has 4 rings (SSSR count). The zero-order valence-electron chi connectivity index (χ0n) is 15.3. The number of amides is 1. The van der Waals surface area contributed by atoms with Crippen LogP contribution in [-0.4, -0.2) is 23.8 Å². The second-order valence-electron chi connectivity index (χ2n) is 6.76. The molecule has 0 fully saturated rings. The largest absolute Gasteiger partial charge is 0.481 e. The number of carboxylic acids is 1. The SMILES string of the molecule is O=C(O)C[C@@H](NC(=O)OCC1c2ccccc2-c2ccccc21)c1ccc(Cl)s1. The molecule has 0 unspecified atom stereocenters. The predicted octanol–water partition coefficient (Wildman–Crippen LogP) is 5.46. The van der Waals surface area contributed by atoms with Crippen molar-refractivity contribution in [2.24, 2.45) is 0 Å². The predicted molar refractivity (Wildman–Crippen MR) is 113 cm³/mol. The van der Waals surface area contributed by atoms with Gasteiger partial charge in [-0.15, -0.1) is 11.3 Å². The molecule has 0 saturated heterocycles. The van der Waals surface area contributed by atoms with Crippen LogP contribution in [0.25, 0.3) is 11.1 Å². The number of hydrogen-bond donors (Lipinski definition) is 2. The molecule has 0 saturated carbocycles. The maximum absolute atomic E-state index is 12.4. The van der Waals surface area contributed by atoms with Crippen molar-refractivity contribution in [3.05, 3.63) is 81.0 Å². The fraction of sp³-hybridized carbons (Fsp3) is 0.182. The number of benzene rings is 2. The first-order valence-electron chi connectivity index (χ1n) is 9.11. The van der Waals surface area contributed by atoms with Crippen molar-refractivity contribution in [1.29, 1.82) is 0 Å². The lowest BCUT2D eigenvalue weighted by molar-refractivity contribution is -0.137. The molecule has 1 atom stereocenters. The molecule has 2 aromatic carbocycles. The lowest BCUT2D eigenvalue weighted by atomic mass is 9.98. The second-order valence-corrected chi connectivity index (χ2v) is 8.51. The zero-order chi connectivity index (χ0) is 20.4. The van der Waals surface area contributed by atoms with Gasteiger partial charge in [0.15, 0.2) is 0 Å². The molecule has 2 N–H and O–H groups in total. The van der Waals surface area contributed by atoms with Gasteiger partial charge >= 0.3 is 12.1 Å². The van der Waals surface area contributed by atoms with E-state index in [9.17, 15) is 9.59 Å². The fourth-order valence-corrected chi connectivity index (χ4v) is 4.81. The Balaban J connectivity index is 1.47. The molecule has 1 aromatic heterocycles. The van der Waals surface area contributed by atoms with E-state index in [0.29, 0.717) is 9.21 Å². The van der Waals surface area contributed by atoms with Gasteiger partial charge in [-0.2, -0.15) is 0 Å². The third-order valence-electron chi connectivity index (χ3n) is 4.95. The summed E-state index contributed by atoms with van der Waals surface area (Å²) < 4.78 is 6.04. The third-order valence-corrected chi connectivity index (χ3v) is 6.30. The van der Waals surface area contributed by atoms with Gasteiger partial charge in [-0.3, -0.25) is 4.79 Å². The summed E-state index contributed by atoms with van der Waals surface area (Å²) in [6, 6.07) is 18.9. The van der Waals surface area contributed by atoms with Crippen molar-refractivity contribution in [2.75, 3.05) is 6.61 Å². The van der Waals surface area contributed by atoms with E-state index < -0.39 is 18.1 Å². The van der Waals surface area contributed by atoms with Crippen LogP contribution in [0.5, 0.6) is 0 Å². The van der Waals surface area contributed by atoms with Gasteiger partial charge < -0.3 is 15.2 Å². The van der Waals surface area contributed by atoms with E-state index in [4.69, 9.17) is 21.4 Å². The van der Waals surface area contributed by atoms with E-state index >= 15 is 0 Å². The van der Waals surface area contributed by atoms with Crippen molar-refractivity contribution in [3.63, 3.8) is 0 Å². The lowest BCUT2D eigenvalue weighted by Crippen LogP contribution is -2.31. The number of nitrogens with one attached hydrogen (secondary N) is 1. The summed E-state index contributed by atoms with van der Waals surface area (Å²) in [5.74, 6) is -1.07. The van der Waals surface area contributed by atoms with Gasteiger partial charge in [0.25, 0.3) is 0 Å². The molecule has 29 heavy (non-hydrogen) atoms. The number of fused-ring (bicyclic) bond motifs is 3. The van der Waals surface area contributed by atoms with E-state index in [1.165, 1.54) is 11.3 Å². The van der Waals surface area contributed by atoms with Crippen LogP contribution < -0.4 is 5.32 Å². The fourth-order valence-electron chi connectivity index (χ4n) is 3.70.